The topological polar surface area (TPSA) is 113 Å². The van der Waals surface area contributed by atoms with Crippen LogP contribution in [0.1, 0.15) is 24.0 Å². The molecule has 34 heavy (non-hydrogen) atoms. The molecule has 3 aromatic rings. The number of ether oxygens (including phenoxy) is 1. The number of carbonyl (C=O) groups excluding carboxylic acids is 2. The van der Waals surface area contributed by atoms with Crippen molar-refractivity contribution in [1.82, 2.24) is 15.5 Å². The van der Waals surface area contributed by atoms with Gasteiger partial charge in [-0.3, -0.25) is 4.79 Å². The summed E-state index contributed by atoms with van der Waals surface area (Å²) in [6.45, 7) is 1.41. The molecule has 1 amide bonds. The highest BCUT2D eigenvalue weighted by Gasteiger charge is 2.42. The monoisotopic (exact) mass is 460 g/mol. The first-order valence-electron chi connectivity index (χ1n) is 11.4. The Balaban J connectivity index is 1.56. The lowest BCUT2D eigenvalue weighted by atomic mass is 9.84. The van der Waals surface area contributed by atoms with Crippen LogP contribution >= 0.6 is 0 Å². The molecule has 0 bridgehead atoms. The number of nitrogens with zero attached hydrogens (tertiary/aromatic N) is 2. The van der Waals surface area contributed by atoms with E-state index in [1.54, 1.807) is 60.7 Å². The second kappa shape index (κ2) is 11.0. The summed E-state index contributed by atoms with van der Waals surface area (Å²) < 4.78 is 5.68. The lowest BCUT2D eigenvalue weighted by Gasteiger charge is -2.31. The van der Waals surface area contributed by atoms with Gasteiger partial charge in [-0.2, -0.15) is 5.10 Å². The van der Waals surface area contributed by atoms with Crippen molar-refractivity contribution < 1.29 is 19.4 Å². The number of aromatic nitrogens is 2. The Morgan fingerprint density at radius 3 is 2.18 bits per heavy atom. The number of carbonyl (C=O) groups is 2. The van der Waals surface area contributed by atoms with E-state index in [9.17, 15) is 14.7 Å². The predicted molar refractivity (Wildman–Crippen MR) is 127 cm³/mol. The van der Waals surface area contributed by atoms with E-state index in [2.05, 4.69) is 20.8 Å². The number of rotatable bonds is 8. The maximum Gasteiger partial charge on any atom is 0.347 e. The van der Waals surface area contributed by atoms with Gasteiger partial charge >= 0.3 is 5.97 Å². The van der Waals surface area contributed by atoms with Crippen molar-refractivity contribution in [3.63, 3.8) is 0 Å². The predicted octanol–water partition coefficient (Wildman–Crippen LogP) is 2.51. The van der Waals surface area contributed by atoms with E-state index in [0.29, 0.717) is 16.9 Å². The third-order valence-electron chi connectivity index (χ3n) is 6.19. The van der Waals surface area contributed by atoms with E-state index in [-0.39, 0.29) is 18.4 Å². The molecule has 0 saturated carbocycles. The number of benzene rings is 2. The minimum absolute atomic E-state index is 0.0206. The Kier molecular flexibility index (Phi) is 7.61. The number of anilines is 1. The second-order valence-corrected chi connectivity index (χ2v) is 8.33. The summed E-state index contributed by atoms with van der Waals surface area (Å²) in [5.41, 5.74) is -1.20. The second-order valence-electron chi connectivity index (χ2n) is 8.33. The first kappa shape index (κ1) is 23.5. The van der Waals surface area contributed by atoms with E-state index in [0.717, 1.165) is 25.9 Å². The minimum Gasteiger partial charge on any atom is -0.462 e. The standard InChI is InChI=1S/C26H28N4O4/c31-24(29-23-12-7-15-28-30-23)22(19-13-16-27-17-14-19)18-34-25(32)26(33,20-8-3-1-4-9-20)21-10-5-2-6-11-21/h1-12,15,19,22,27,33H,13-14,16-18H2,(H,29,30,31). The van der Waals surface area contributed by atoms with E-state index < -0.39 is 17.5 Å². The number of esters is 1. The van der Waals surface area contributed by atoms with Crippen LogP contribution in [0, 0.1) is 11.8 Å². The van der Waals surface area contributed by atoms with Crippen molar-refractivity contribution in [3.05, 3.63) is 90.1 Å². The van der Waals surface area contributed by atoms with E-state index in [1.807, 2.05) is 12.1 Å². The molecule has 1 saturated heterocycles. The molecule has 2 aromatic carbocycles. The largest absolute Gasteiger partial charge is 0.462 e. The Morgan fingerprint density at radius 2 is 1.62 bits per heavy atom. The Hall–Kier alpha value is -3.62. The SMILES string of the molecule is O=C(Nc1cccnn1)C(COC(=O)C(O)(c1ccccc1)c1ccccc1)C1CCNCC1. The molecule has 1 aliphatic heterocycles. The van der Waals surface area contributed by atoms with Gasteiger partial charge in [0.2, 0.25) is 11.5 Å². The van der Waals surface area contributed by atoms with Gasteiger partial charge in [0.1, 0.15) is 6.61 Å². The van der Waals surface area contributed by atoms with Gasteiger partial charge in [-0.05, 0) is 55.1 Å². The van der Waals surface area contributed by atoms with Crippen molar-refractivity contribution in [3.8, 4) is 0 Å². The van der Waals surface area contributed by atoms with Crippen molar-refractivity contribution in [2.75, 3.05) is 25.0 Å². The Labute approximate surface area is 198 Å². The molecule has 1 atom stereocenters. The fraction of sp³-hybridized carbons (Fsp3) is 0.308. The Bertz CT molecular complexity index is 1030. The smallest absolute Gasteiger partial charge is 0.347 e. The lowest BCUT2D eigenvalue weighted by molar-refractivity contribution is -0.164. The summed E-state index contributed by atoms with van der Waals surface area (Å²) in [5.74, 6) is -1.35. The molecule has 4 rings (SSSR count). The molecule has 0 radical (unpaired) electrons. The van der Waals surface area contributed by atoms with Crippen LogP contribution in [0.5, 0.6) is 0 Å². The number of nitrogens with one attached hydrogen (secondary N) is 2. The van der Waals surface area contributed by atoms with Crippen LogP contribution in [0.4, 0.5) is 5.82 Å². The van der Waals surface area contributed by atoms with Crippen LogP contribution in [0.3, 0.4) is 0 Å². The van der Waals surface area contributed by atoms with Gasteiger partial charge in [0.15, 0.2) is 5.82 Å². The van der Waals surface area contributed by atoms with Crippen LogP contribution in [-0.2, 0) is 19.9 Å². The molecule has 8 nitrogen and oxygen atoms in total. The van der Waals surface area contributed by atoms with Crippen LogP contribution in [0.2, 0.25) is 0 Å². The molecule has 0 spiro atoms. The summed E-state index contributed by atoms with van der Waals surface area (Å²) >= 11 is 0. The van der Waals surface area contributed by atoms with Crippen molar-refractivity contribution in [1.29, 1.82) is 0 Å². The number of aliphatic hydroxyl groups is 1. The normalized spacial score (nSPS) is 15.3. The van der Waals surface area contributed by atoms with Gasteiger partial charge in [0.25, 0.3) is 0 Å². The molecule has 1 aliphatic rings. The number of amides is 1. The molecular weight excluding hydrogens is 432 g/mol. The molecule has 1 fully saturated rings. The van der Waals surface area contributed by atoms with Crippen molar-refractivity contribution in [2.24, 2.45) is 11.8 Å². The quantitative estimate of drug-likeness (QED) is 0.443. The van der Waals surface area contributed by atoms with Crippen molar-refractivity contribution >= 4 is 17.7 Å². The van der Waals surface area contributed by atoms with Crippen LogP contribution < -0.4 is 10.6 Å². The maximum absolute atomic E-state index is 13.4. The minimum atomic E-state index is -2.00. The van der Waals surface area contributed by atoms with Crippen LogP contribution in [0.25, 0.3) is 0 Å². The number of hydrogen-bond donors (Lipinski definition) is 3. The zero-order chi connectivity index (χ0) is 23.8. The van der Waals surface area contributed by atoms with Gasteiger partial charge < -0.3 is 20.5 Å². The van der Waals surface area contributed by atoms with E-state index >= 15 is 0 Å². The molecule has 176 valence electrons. The van der Waals surface area contributed by atoms with Gasteiger partial charge in [-0.1, -0.05) is 60.7 Å². The highest BCUT2D eigenvalue weighted by molar-refractivity contribution is 5.92. The fourth-order valence-corrected chi connectivity index (χ4v) is 4.29. The number of hydrogen-bond acceptors (Lipinski definition) is 7. The third-order valence-corrected chi connectivity index (χ3v) is 6.19. The number of piperidine rings is 1. The van der Waals surface area contributed by atoms with E-state index in [1.165, 1.54) is 6.20 Å². The van der Waals surface area contributed by atoms with Gasteiger partial charge in [0.05, 0.1) is 5.92 Å². The fourth-order valence-electron chi connectivity index (χ4n) is 4.29. The first-order valence-corrected chi connectivity index (χ1v) is 11.4. The van der Waals surface area contributed by atoms with Crippen molar-refractivity contribution in [2.45, 2.75) is 18.4 Å². The Morgan fingerprint density at radius 1 is 1.00 bits per heavy atom. The zero-order valence-electron chi connectivity index (χ0n) is 18.8. The summed E-state index contributed by atoms with van der Waals surface area (Å²) in [6, 6.07) is 20.7. The van der Waals surface area contributed by atoms with Gasteiger partial charge in [0, 0.05) is 6.20 Å². The summed E-state index contributed by atoms with van der Waals surface area (Å²) in [7, 11) is 0. The average Bonchev–Trinajstić information content (AvgIpc) is 2.90. The molecule has 1 aromatic heterocycles. The zero-order valence-corrected chi connectivity index (χ0v) is 18.8. The molecule has 0 aliphatic carbocycles. The van der Waals surface area contributed by atoms with Crippen LogP contribution in [0.15, 0.2) is 79.0 Å². The highest BCUT2D eigenvalue weighted by Crippen LogP contribution is 2.32. The molecule has 3 N–H and O–H groups in total. The third kappa shape index (κ3) is 5.30. The summed E-state index contributed by atoms with van der Waals surface area (Å²) in [5, 5.41) is 25.4. The summed E-state index contributed by atoms with van der Waals surface area (Å²) in [4.78, 5) is 26.6. The molecule has 1 unspecified atom stereocenters. The average molecular weight is 461 g/mol. The molecular formula is C26H28N4O4. The van der Waals surface area contributed by atoms with Gasteiger partial charge in [-0.25, -0.2) is 4.79 Å². The van der Waals surface area contributed by atoms with Gasteiger partial charge in [-0.15, -0.1) is 5.10 Å². The maximum atomic E-state index is 13.4. The first-order chi connectivity index (χ1) is 16.6. The molecule has 2 heterocycles. The van der Waals surface area contributed by atoms with Crippen LogP contribution in [-0.4, -0.2) is 46.9 Å². The summed E-state index contributed by atoms with van der Waals surface area (Å²) in [6.07, 6.45) is 3.07. The lowest BCUT2D eigenvalue weighted by Crippen LogP contribution is -2.43. The highest BCUT2D eigenvalue weighted by atomic mass is 16.5. The molecule has 8 heteroatoms. The van der Waals surface area contributed by atoms with E-state index in [4.69, 9.17) is 4.74 Å².